The fraction of sp³-hybridized carbons (Fsp3) is 0.897. The highest BCUT2D eigenvalue weighted by Crippen LogP contribution is 2.46. The molecule has 52 heavy (non-hydrogen) atoms. The van der Waals surface area contributed by atoms with Gasteiger partial charge in [-0.25, -0.2) is 0 Å². The van der Waals surface area contributed by atoms with Crippen LogP contribution in [0.15, 0.2) is 0 Å². The normalized spacial score (nSPS) is 44.3. The summed E-state index contributed by atoms with van der Waals surface area (Å²) >= 11 is 2.08. The number of piperidine rings is 2. The van der Waals surface area contributed by atoms with E-state index in [1.807, 2.05) is 0 Å². The van der Waals surface area contributed by atoms with Gasteiger partial charge >= 0.3 is 0 Å². The molecule has 0 aromatic heterocycles. The van der Waals surface area contributed by atoms with E-state index in [4.69, 9.17) is 0 Å². The molecule has 6 saturated heterocycles. The predicted molar refractivity (Wildman–Crippen MR) is 200 cm³/mol. The van der Waals surface area contributed by atoms with Crippen LogP contribution in [0, 0.1) is 41.4 Å². The Hall–Kier alpha value is -1.45. The van der Waals surface area contributed by atoms with Gasteiger partial charge in [-0.1, -0.05) is 0 Å². The number of carbonyl (C=O) groups excluding carboxylic acids is 4. The van der Waals surface area contributed by atoms with Crippen molar-refractivity contribution >= 4 is 35.1 Å². The van der Waals surface area contributed by atoms with E-state index < -0.39 is 17.7 Å². The van der Waals surface area contributed by atoms with Gasteiger partial charge in [0, 0.05) is 81.4 Å². The molecule has 3 saturated carbocycles. The molecule has 12 nitrogen and oxygen atoms in total. The summed E-state index contributed by atoms with van der Waals surface area (Å²) < 4.78 is 0. The highest BCUT2D eigenvalue weighted by molar-refractivity contribution is 8.00. The number of amides is 2. The van der Waals surface area contributed by atoms with Crippen LogP contribution in [0.5, 0.6) is 0 Å². The van der Waals surface area contributed by atoms with Crippen LogP contribution in [0.2, 0.25) is 0 Å². The minimum Gasteiger partial charge on any atom is -0.303 e. The van der Waals surface area contributed by atoms with E-state index in [1.54, 1.807) is 0 Å². The molecule has 0 aromatic carbocycles. The zero-order valence-electron chi connectivity index (χ0n) is 30.9. The smallest absolute Gasteiger partial charge is 0.230 e. The molecule has 288 valence electrons. The van der Waals surface area contributed by atoms with Crippen molar-refractivity contribution in [2.24, 2.45) is 41.4 Å². The number of ketones is 2. The van der Waals surface area contributed by atoms with Crippen molar-refractivity contribution in [1.29, 1.82) is 0 Å². The molecule has 9 fully saturated rings. The number of piperazine rings is 1. The second-order valence-corrected chi connectivity index (χ2v) is 19.2. The molecule has 5 N–H and O–H groups in total. The molecule has 6 heterocycles. The first kappa shape index (κ1) is 36.2. The Kier molecular flexibility index (Phi) is 10.9. The Morgan fingerprint density at radius 2 is 1.54 bits per heavy atom. The number of carbonyl (C=O) groups is 4. The lowest BCUT2D eigenvalue weighted by Crippen LogP contribution is -2.71. The van der Waals surface area contributed by atoms with E-state index in [2.05, 4.69) is 53.0 Å². The van der Waals surface area contributed by atoms with Crippen molar-refractivity contribution in [2.45, 2.75) is 113 Å². The summed E-state index contributed by atoms with van der Waals surface area (Å²) in [6, 6.07) is 1.47. The minimum absolute atomic E-state index is 0.0266. The van der Waals surface area contributed by atoms with Gasteiger partial charge in [0.1, 0.15) is 11.6 Å². The van der Waals surface area contributed by atoms with Gasteiger partial charge in [-0.05, 0) is 108 Å². The second-order valence-electron chi connectivity index (χ2n) is 18.0. The molecule has 6 aliphatic heterocycles. The molecule has 0 aromatic rings. The van der Waals surface area contributed by atoms with Crippen LogP contribution in [-0.4, -0.2) is 139 Å². The lowest BCUT2D eigenvalue weighted by Gasteiger charge is -2.46. The van der Waals surface area contributed by atoms with E-state index in [-0.39, 0.29) is 35.7 Å². The second kappa shape index (κ2) is 15.6. The third kappa shape index (κ3) is 7.31. The molecule has 0 bridgehead atoms. The lowest BCUT2D eigenvalue weighted by atomic mass is 9.74. The number of rotatable bonds is 8. The average molecular weight is 739 g/mol. The van der Waals surface area contributed by atoms with E-state index in [0.29, 0.717) is 48.2 Å². The topological polar surface area (TPSA) is 138 Å². The number of hydrogen-bond donors (Lipinski definition) is 5. The zero-order valence-corrected chi connectivity index (χ0v) is 31.8. The zero-order chi connectivity index (χ0) is 35.3. The average Bonchev–Trinajstić information content (AvgIpc) is 3.98. The first-order valence-corrected chi connectivity index (χ1v) is 22.1. The van der Waals surface area contributed by atoms with Crippen LogP contribution in [0.1, 0.15) is 77.0 Å². The SMILES string of the molecule is O=C1CC[C@H](C2C(=O)C3CCC(N4CC[C@H](CN5CCC(C6CCC(NC7NC(C8NCCS8)CN8CCNC78)CC6)CC5)C4)CC3C2=O)C(=O)N1. The Labute approximate surface area is 313 Å². The van der Waals surface area contributed by atoms with Crippen molar-refractivity contribution in [3.63, 3.8) is 0 Å². The summed E-state index contributed by atoms with van der Waals surface area (Å²) in [6.45, 7) is 10.3. The maximum Gasteiger partial charge on any atom is 0.230 e. The van der Waals surface area contributed by atoms with E-state index in [0.717, 1.165) is 70.4 Å². The molecule has 13 heteroatoms. The highest BCUT2D eigenvalue weighted by Gasteiger charge is 2.56. The van der Waals surface area contributed by atoms with Crippen molar-refractivity contribution in [3.8, 4) is 0 Å². The number of nitrogens with one attached hydrogen (secondary N) is 5. The molecule has 8 unspecified atom stereocenters. The van der Waals surface area contributed by atoms with Crippen molar-refractivity contribution in [1.82, 2.24) is 41.3 Å². The quantitative estimate of drug-likeness (QED) is 0.179. The number of thioether (sulfide) groups is 1. The first-order chi connectivity index (χ1) is 25.4. The van der Waals surface area contributed by atoms with E-state index >= 15 is 0 Å². The molecule has 9 aliphatic rings. The molecule has 3 aliphatic carbocycles. The predicted octanol–water partition coefficient (Wildman–Crippen LogP) is 0.966. The first-order valence-electron chi connectivity index (χ1n) is 21.1. The van der Waals surface area contributed by atoms with Crippen LogP contribution >= 0.6 is 11.8 Å². The fourth-order valence-electron chi connectivity index (χ4n) is 12.3. The molecule has 0 spiro atoms. The van der Waals surface area contributed by atoms with Gasteiger partial charge in [0.25, 0.3) is 0 Å². The Balaban J connectivity index is 0.699. The Bertz CT molecular complexity index is 1350. The number of nitrogens with zero attached hydrogens (tertiary/aromatic N) is 3. The maximum atomic E-state index is 13.6. The van der Waals surface area contributed by atoms with Gasteiger partial charge in [0.2, 0.25) is 11.8 Å². The van der Waals surface area contributed by atoms with Crippen molar-refractivity contribution < 1.29 is 19.2 Å². The van der Waals surface area contributed by atoms with Crippen molar-refractivity contribution in [3.05, 3.63) is 0 Å². The van der Waals surface area contributed by atoms with Crippen LogP contribution in [0.3, 0.4) is 0 Å². The summed E-state index contributed by atoms with van der Waals surface area (Å²) in [5.74, 6) is 0.858. The molecule has 2 amide bonds. The summed E-state index contributed by atoms with van der Waals surface area (Å²) in [7, 11) is 0. The summed E-state index contributed by atoms with van der Waals surface area (Å²) in [5.41, 5.74) is 0. The van der Waals surface area contributed by atoms with Crippen LogP contribution in [0.4, 0.5) is 0 Å². The molecule has 10 atom stereocenters. The molecule has 9 rings (SSSR count). The van der Waals surface area contributed by atoms with Crippen LogP contribution in [0.25, 0.3) is 0 Å². The minimum atomic E-state index is -0.844. The lowest BCUT2D eigenvalue weighted by molar-refractivity contribution is -0.144. The molecular weight excluding hydrogens is 677 g/mol. The van der Waals surface area contributed by atoms with Gasteiger partial charge in [0.15, 0.2) is 0 Å². The number of likely N-dealkylation sites (tertiary alicyclic amines) is 2. The monoisotopic (exact) mass is 738 g/mol. The summed E-state index contributed by atoms with van der Waals surface area (Å²) in [6.07, 6.45) is 13.0. The maximum absolute atomic E-state index is 13.6. The van der Waals surface area contributed by atoms with E-state index in [1.165, 1.54) is 70.3 Å². The highest BCUT2D eigenvalue weighted by atomic mass is 32.2. The standard InChI is InChI=1S/C39H62N8O4S/c48-32-8-7-29(38(51)44-32)33-34(49)28-6-5-27(19-30(28)35(33)50)46-16-9-23(21-46)20-45-14-10-25(11-15-45)24-1-3-26(4-2-24)42-36-37-40-12-17-47(37)22-31(43-36)39-41-13-18-52-39/h23-31,33,36-37,39-43H,1-22H2,(H,44,48,51)/t23-,24?,26?,27?,28?,29-,30?,31?,33?,36?,37?,39?/m1/s1. The van der Waals surface area contributed by atoms with Crippen LogP contribution < -0.4 is 26.6 Å². The summed E-state index contributed by atoms with van der Waals surface area (Å²) in [4.78, 5) is 59.2. The number of Topliss-reactive ketones (excluding diaryl/α,β-unsaturated/α-hetero) is 2. The van der Waals surface area contributed by atoms with Gasteiger partial charge in [-0.15, -0.1) is 11.8 Å². The third-order valence-corrected chi connectivity index (χ3v) is 16.4. The van der Waals surface area contributed by atoms with Gasteiger partial charge in [-0.2, -0.15) is 0 Å². The number of imide groups is 1. The number of fused-ring (bicyclic) bond motifs is 2. The van der Waals surface area contributed by atoms with Crippen LogP contribution in [-0.2, 0) is 19.2 Å². The van der Waals surface area contributed by atoms with E-state index in [9.17, 15) is 19.2 Å². The Morgan fingerprint density at radius 3 is 2.33 bits per heavy atom. The Morgan fingerprint density at radius 1 is 0.731 bits per heavy atom. The number of hydrogen-bond acceptors (Lipinski definition) is 12. The molecule has 0 radical (unpaired) electrons. The largest absolute Gasteiger partial charge is 0.303 e. The van der Waals surface area contributed by atoms with Crippen molar-refractivity contribution in [2.75, 3.05) is 64.7 Å². The summed E-state index contributed by atoms with van der Waals surface area (Å²) in [5, 5.41) is 18.5. The van der Waals surface area contributed by atoms with Gasteiger partial charge < -0.3 is 15.1 Å². The van der Waals surface area contributed by atoms with Gasteiger partial charge in [0.05, 0.1) is 29.5 Å². The third-order valence-electron chi connectivity index (χ3n) is 15.1. The molecular formula is C39H62N8O4S. The fourth-order valence-corrected chi connectivity index (χ4v) is 13.4. The van der Waals surface area contributed by atoms with Gasteiger partial charge in [-0.3, -0.25) is 45.3 Å².